The van der Waals surface area contributed by atoms with Crippen LogP contribution in [0.4, 0.5) is 5.69 Å². The molecule has 2 aromatic rings. The number of unbranched alkanes of at least 4 members (excludes halogenated alkanes) is 1. The Morgan fingerprint density at radius 1 is 1.00 bits per heavy atom. The van der Waals surface area contributed by atoms with Crippen LogP contribution in [0.3, 0.4) is 0 Å². The summed E-state index contributed by atoms with van der Waals surface area (Å²) in [4.78, 5) is 14.5. The molecule has 134 valence electrons. The van der Waals surface area contributed by atoms with Gasteiger partial charge < -0.3 is 10.2 Å². The predicted molar refractivity (Wildman–Crippen MR) is 101 cm³/mol. The summed E-state index contributed by atoms with van der Waals surface area (Å²) in [7, 11) is -1.18. The third kappa shape index (κ3) is 5.90. The molecule has 5 nitrogen and oxygen atoms in total. The Balaban J connectivity index is 1.72. The number of hydrogen-bond donors (Lipinski definition) is 1. The minimum Gasteiger partial charge on any atom is -0.375 e. The quantitative estimate of drug-likeness (QED) is 0.735. The third-order valence-corrected chi connectivity index (χ3v) is 5.08. The fourth-order valence-corrected chi connectivity index (χ4v) is 3.07. The van der Waals surface area contributed by atoms with Crippen LogP contribution in [0.1, 0.15) is 23.2 Å². The average molecular weight is 360 g/mol. The van der Waals surface area contributed by atoms with E-state index in [0.717, 1.165) is 25.6 Å². The van der Waals surface area contributed by atoms with Crippen LogP contribution in [0.2, 0.25) is 0 Å². The van der Waals surface area contributed by atoms with E-state index in [1.54, 1.807) is 0 Å². The van der Waals surface area contributed by atoms with Crippen molar-refractivity contribution in [3.8, 4) is 0 Å². The highest BCUT2D eigenvalue weighted by Gasteiger charge is 2.09. The first-order chi connectivity index (χ1) is 11.9. The molecule has 0 saturated carbocycles. The van der Waals surface area contributed by atoms with E-state index in [1.165, 1.54) is 30.0 Å². The summed E-state index contributed by atoms with van der Waals surface area (Å²) >= 11 is 0. The van der Waals surface area contributed by atoms with Gasteiger partial charge in [0.25, 0.3) is 5.91 Å². The number of para-hydroxylation sites is 1. The Bertz CT molecular complexity index is 787. The molecule has 0 atom stereocenters. The number of sulfone groups is 1. The van der Waals surface area contributed by atoms with Crippen molar-refractivity contribution < 1.29 is 13.2 Å². The molecule has 0 unspecified atom stereocenters. The SMILES string of the molecule is CN(CCCCNC(=O)c1ccc(S(C)(=O)=O)cc1)c1ccccc1. The maximum absolute atomic E-state index is 12.1. The molecule has 0 aliphatic carbocycles. The van der Waals surface area contributed by atoms with Gasteiger partial charge in [-0.15, -0.1) is 0 Å². The van der Waals surface area contributed by atoms with Crippen LogP contribution >= 0.6 is 0 Å². The molecule has 0 heterocycles. The summed E-state index contributed by atoms with van der Waals surface area (Å²) in [6.45, 7) is 1.51. The highest BCUT2D eigenvalue weighted by atomic mass is 32.2. The molecule has 6 heteroatoms. The Labute approximate surface area is 149 Å². The summed E-state index contributed by atoms with van der Waals surface area (Å²) in [6.07, 6.45) is 3.00. The van der Waals surface area contributed by atoms with Crippen molar-refractivity contribution in [2.24, 2.45) is 0 Å². The van der Waals surface area contributed by atoms with E-state index in [4.69, 9.17) is 0 Å². The predicted octanol–water partition coefficient (Wildman–Crippen LogP) is 2.74. The zero-order valence-corrected chi connectivity index (χ0v) is 15.4. The number of carbonyl (C=O) groups is 1. The molecular weight excluding hydrogens is 336 g/mol. The molecule has 0 saturated heterocycles. The van der Waals surface area contributed by atoms with Crippen LogP contribution in [-0.2, 0) is 9.84 Å². The van der Waals surface area contributed by atoms with Crippen molar-refractivity contribution in [1.82, 2.24) is 5.32 Å². The molecule has 2 rings (SSSR count). The fourth-order valence-electron chi connectivity index (χ4n) is 2.44. The second kappa shape index (κ2) is 8.67. The topological polar surface area (TPSA) is 66.5 Å². The van der Waals surface area contributed by atoms with Gasteiger partial charge in [-0.2, -0.15) is 0 Å². The van der Waals surface area contributed by atoms with Gasteiger partial charge in [-0.25, -0.2) is 8.42 Å². The lowest BCUT2D eigenvalue weighted by molar-refractivity contribution is 0.0953. The van der Waals surface area contributed by atoms with E-state index in [-0.39, 0.29) is 10.8 Å². The summed E-state index contributed by atoms with van der Waals surface area (Å²) in [6, 6.07) is 16.2. The lowest BCUT2D eigenvalue weighted by Crippen LogP contribution is -2.25. The molecule has 0 aliphatic heterocycles. The van der Waals surface area contributed by atoms with Crippen LogP contribution in [0, 0.1) is 0 Å². The molecule has 0 aromatic heterocycles. The van der Waals surface area contributed by atoms with Crippen LogP contribution in [0.25, 0.3) is 0 Å². The monoisotopic (exact) mass is 360 g/mol. The third-order valence-electron chi connectivity index (χ3n) is 3.95. The molecule has 0 fully saturated rings. The maximum Gasteiger partial charge on any atom is 0.251 e. The van der Waals surface area contributed by atoms with Gasteiger partial charge >= 0.3 is 0 Å². The summed E-state index contributed by atoms with van der Waals surface area (Å²) < 4.78 is 22.8. The number of nitrogens with one attached hydrogen (secondary N) is 1. The molecule has 0 radical (unpaired) electrons. The highest BCUT2D eigenvalue weighted by Crippen LogP contribution is 2.12. The minimum absolute atomic E-state index is 0.184. The van der Waals surface area contributed by atoms with Crippen molar-refractivity contribution in [2.45, 2.75) is 17.7 Å². The van der Waals surface area contributed by atoms with Crippen molar-refractivity contribution in [3.05, 3.63) is 60.2 Å². The maximum atomic E-state index is 12.1. The number of amides is 1. The summed E-state index contributed by atoms with van der Waals surface area (Å²) in [5.74, 6) is -0.184. The van der Waals surface area contributed by atoms with Gasteiger partial charge in [-0.3, -0.25) is 4.79 Å². The first kappa shape index (κ1) is 19.0. The molecule has 25 heavy (non-hydrogen) atoms. The molecule has 0 bridgehead atoms. The minimum atomic E-state index is -3.24. The molecular formula is C19H24N2O3S. The van der Waals surface area contributed by atoms with Crippen LogP contribution < -0.4 is 10.2 Å². The number of hydrogen-bond acceptors (Lipinski definition) is 4. The first-order valence-corrected chi connectivity index (χ1v) is 10.1. The zero-order valence-electron chi connectivity index (χ0n) is 14.6. The van der Waals surface area contributed by atoms with Gasteiger partial charge in [0.2, 0.25) is 0 Å². The van der Waals surface area contributed by atoms with E-state index < -0.39 is 9.84 Å². The Kier molecular flexibility index (Phi) is 6.58. The Morgan fingerprint density at radius 3 is 2.24 bits per heavy atom. The zero-order chi connectivity index (χ0) is 18.3. The number of anilines is 1. The van der Waals surface area contributed by atoms with Crippen LogP contribution in [-0.4, -0.2) is 40.7 Å². The van der Waals surface area contributed by atoms with Gasteiger partial charge in [0.1, 0.15) is 0 Å². The summed E-state index contributed by atoms with van der Waals surface area (Å²) in [5, 5.41) is 2.86. The lowest BCUT2D eigenvalue weighted by atomic mass is 10.2. The highest BCUT2D eigenvalue weighted by molar-refractivity contribution is 7.90. The Morgan fingerprint density at radius 2 is 1.64 bits per heavy atom. The van der Waals surface area contributed by atoms with Gasteiger partial charge in [-0.05, 0) is 49.2 Å². The van der Waals surface area contributed by atoms with Gasteiger partial charge in [0.05, 0.1) is 4.90 Å². The van der Waals surface area contributed by atoms with Crippen LogP contribution in [0.5, 0.6) is 0 Å². The fraction of sp³-hybridized carbons (Fsp3) is 0.316. The first-order valence-electron chi connectivity index (χ1n) is 8.22. The molecule has 1 N–H and O–H groups in total. The van der Waals surface area contributed by atoms with E-state index in [2.05, 4.69) is 29.4 Å². The van der Waals surface area contributed by atoms with Gasteiger partial charge in [0, 0.05) is 37.6 Å². The summed E-state index contributed by atoms with van der Waals surface area (Å²) in [5.41, 5.74) is 1.64. The van der Waals surface area contributed by atoms with E-state index in [0.29, 0.717) is 12.1 Å². The second-order valence-electron chi connectivity index (χ2n) is 6.02. The normalized spacial score (nSPS) is 11.1. The smallest absolute Gasteiger partial charge is 0.251 e. The second-order valence-corrected chi connectivity index (χ2v) is 8.03. The molecule has 0 aliphatic rings. The molecule has 0 spiro atoms. The van der Waals surface area contributed by atoms with E-state index >= 15 is 0 Å². The van der Waals surface area contributed by atoms with Crippen molar-refractivity contribution in [2.75, 3.05) is 31.3 Å². The van der Waals surface area contributed by atoms with E-state index in [1.807, 2.05) is 18.2 Å². The standard InChI is InChI=1S/C19H24N2O3S/c1-21(17-8-4-3-5-9-17)15-7-6-14-20-19(22)16-10-12-18(13-11-16)25(2,23)24/h3-5,8-13H,6-7,14-15H2,1-2H3,(H,20,22). The van der Waals surface area contributed by atoms with Crippen molar-refractivity contribution in [3.63, 3.8) is 0 Å². The number of rotatable bonds is 8. The van der Waals surface area contributed by atoms with Crippen LogP contribution in [0.15, 0.2) is 59.5 Å². The van der Waals surface area contributed by atoms with Crippen molar-refractivity contribution in [1.29, 1.82) is 0 Å². The molecule has 1 amide bonds. The van der Waals surface area contributed by atoms with Gasteiger partial charge in [0.15, 0.2) is 9.84 Å². The number of nitrogens with zero attached hydrogens (tertiary/aromatic N) is 1. The number of benzene rings is 2. The number of carbonyl (C=O) groups excluding carboxylic acids is 1. The Hall–Kier alpha value is -2.34. The van der Waals surface area contributed by atoms with Gasteiger partial charge in [-0.1, -0.05) is 18.2 Å². The largest absolute Gasteiger partial charge is 0.375 e. The van der Waals surface area contributed by atoms with Crippen molar-refractivity contribution >= 4 is 21.4 Å². The lowest BCUT2D eigenvalue weighted by Gasteiger charge is -2.19. The molecule has 2 aromatic carbocycles. The van der Waals surface area contributed by atoms with E-state index in [9.17, 15) is 13.2 Å². The average Bonchev–Trinajstić information content (AvgIpc) is 2.61.